The highest BCUT2D eigenvalue weighted by molar-refractivity contribution is 14.0. The zero-order valence-electron chi connectivity index (χ0n) is 15.1. The van der Waals surface area contributed by atoms with E-state index in [9.17, 15) is 8.78 Å². The van der Waals surface area contributed by atoms with Crippen LogP contribution in [0.3, 0.4) is 0 Å². The Morgan fingerprint density at radius 1 is 1.12 bits per heavy atom. The Morgan fingerprint density at radius 2 is 1.92 bits per heavy atom. The van der Waals surface area contributed by atoms with Gasteiger partial charge < -0.3 is 10.6 Å². The lowest BCUT2D eigenvalue weighted by molar-refractivity contribution is 0.583. The molecule has 1 heterocycles. The molecule has 0 radical (unpaired) electrons. The number of guanidine groups is 1. The monoisotopic (exact) mass is 474 g/mol. The highest BCUT2D eigenvalue weighted by Crippen LogP contribution is 2.09. The predicted octanol–water partition coefficient (Wildman–Crippen LogP) is 3.63. The topological polar surface area (TPSA) is 49.3 Å². The molecule has 0 atom stereocenters. The van der Waals surface area contributed by atoms with E-state index in [2.05, 4.69) is 20.6 Å². The molecule has 2 rings (SSSR count). The van der Waals surface area contributed by atoms with Crippen molar-refractivity contribution < 1.29 is 8.78 Å². The van der Waals surface area contributed by atoms with Gasteiger partial charge in [0.2, 0.25) is 0 Å². The van der Waals surface area contributed by atoms with Crippen molar-refractivity contribution in [3.63, 3.8) is 0 Å². The van der Waals surface area contributed by atoms with Gasteiger partial charge in [0, 0.05) is 32.0 Å². The molecule has 7 heteroatoms. The standard InChI is InChI=1S/C19H24F2N4.HI/c1-3-23-19(24-10-7-15-6-9-22-13-14(15)2)25-11-8-16-12-17(20)4-5-18(16)21;/h4-6,9,12-13H,3,7-8,10-11H2,1-2H3,(H2,23,24,25);1H. The van der Waals surface area contributed by atoms with Gasteiger partial charge in [-0.2, -0.15) is 0 Å². The summed E-state index contributed by atoms with van der Waals surface area (Å²) in [6.45, 7) is 5.85. The molecule has 1 aromatic heterocycles. The van der Waals surface area contributed by atoms with E-state index < -0.39 is 11.6 Å². The average molecular weight is 474 g/mol. The zero-order chi connectivity index (χ0) is 18.1. The molecule has 0 saturated carbocycles. The number of hydrogen-bond acceptors (Lipinski definition) is 2. The first-order chi connectivity index (χ1) is 12.1. The van der Waals surface area contributed by atoms with Gasteiger partial charge in [-0.3, -0.25) is 9.98 Å². The van der Waals surface area contributed by atoms with Crippen LogP contribution in [0.4, 0.5) is 8.78 Å². The predicted molar refractivity (Wildman–Crippen MR) is 112 cm³/mol. The van der Waals surface area contributed by atoms with Gasteiger partial charge in [0.15, 0.2) is 5.96 Å². The molecule has 0 spiro atoms. The maximum Gasteiger partial charge on any atom is 0.191 e. The van der Waals surface area contributed by atoms with Crippen molar-refractivity contribution in [1.82, 2.24) is 15.6 Å². The third-order valence-corrected chi connectivity index (χ3v) is 3.83. The van der Waals surface area contributed by atoms with Gasteiger partial charge in [0.1, 0.15) is 11.6 Å². The molecule has 0 fully saturated rings. The average Bonchev–Trinajstić information content (AvgIpc) is 2.59. The molecule has 0 unspecified atom stereocenters. The number of nitrogens with one attached hydrogen (secondary N) is 2. The van der Waals surface area contributed by atoms with Crippen LogP contribution in [0.25, 0.3) is 0 Å². The number of pyridine rings is 1. The fourth-order valence-corrected chi connectivity index (χ4v) is 2.46. The Bertz CT molecular complexity index is 722. The van der Waals surface area contributed by atoms with Crippen molar-refractivity contribution in [2.75, 3.05) is 19.6 Å². The number of rotatable bonds is 7. The number of nitrogens with zero attached hydrogens (tertiary/aromatic N) is 2. The summed E-state index contributed by atoms with van der Waals surface area (Å²) in [5.41, 5.74) is 2.73. The van der Waals surface area contributed by atoms with E-state index in [0.29, 0.717) is 31.0 Å². The second-order valence-electron chi connectivity index (χ2n) is 5.73. The molecular weight excluding hydrogens is 449 g/mol. The van der Waals surface area contributed by atoms with Gasteiger partial charge >= 0.3 is 0 Å². The number of aliphatic imine (C=N–C) groups is 1. The number of aryl methyl sites for hydroxylation is 1. The third kappa shape index (κ3) is 7.23. The van der Waals surface area contributed by atoms with E-state index in [1.54, 1.807) is 6.20 Å². The molecule has 0 aliphatic heterocycles. The summed E-state index contributed by atoms with van der Waals surface area (Å²) in [5, 5.41) is 6.31. The number of aromatic nitrogens is 1. The molecule has 0 aliphatic rings. The van der Waals surface area contributed by atoms with Crippen LogP contribution in [-0.2, 0) is 12.8 Å². The van der Waals surface area contributed by atoms with Crippen LogP contribution in [0.5, 0.6) is 0 Å². The molecule has 0 bridgehead atoms. The van der Waals surface area contributed by atoms with Crippen molar-refractivity contribution in [1.29, 1.82) is 0 Å². The molecule has 2 aromatic rings. The van der Waals surface area contributed by atoms with Crippen LogP contribution in [0, 0.1) is 18.6 Å². The summed E-state index contributed by atoms with van der Waals surface area (Å²) in [4.78, 5) is 8.61. The Morgan fingerprint density at radius 3 is 2.65 bits per heavy atom. The summed E-state index contributed by atoms with van der Waals surface area (Å²) >= 11 is 0. The Kier molecular flexibility index (Phi) is 10.1. The molecule has 0 aliphatic carbocycles. The Labute approximate surface area is 170 Å². The van der Waals surface area contributed by atoms with Crippen molar-refractivity contribution in [3.05, 3.63) is 65.0 Å². The van der Waals surface area contributed by atoms with E-state index in [-0.39, 0.29) is 24.0 Å². The molecule has 0 saturated heterocycles. The van der Waals surface area contributed by atoms with Gasteiger partial charge in [0.05, 0.1) is 0 Å². The first kappa shape index (κ1) is 22.3. The van der Waals surface area contributed by atoms with Crippen molar-refractivity contribution in [2.24, 2.45) is 4.99 Å². The smallest absolute Gasteiger partial charge is 0.191 e. The number of halogens is 3. The number of hydrogen-bond donors (Lipinski definition) is 2. The Balaban J connectivity index is 0.00000338. The van der Waals surface area contributed by atoms with Crippen LogP contribution < -0.4 is 10.6 Å². The molecule has 1 aromatic carbocycles. The van der Waals surface area contributed by atoms with Gasteiger partial charge in [-0.25, -0.2) is 8.78 Å². The molecule has 26 heavy (non-hydrogen) atoms. The van der Waals surface area contributed by atoms with Crippen LogP contribution in [0.15, 0.2) is 41.7 Å². The minimum Gasteiger partial charge on any atom is -0.357 e. The normalized spacial score (nSPS) is 11.0. The van der Waals surface area contributed by atoms with Gasteiger partial charge in [-0.05, 0) is 67.6 Å². The SMILES string of the molecule is CCNC(=NCCc1ccncc1C)NCCc1cc(F)ccc1F.I. The van der Waals surface area contributed by atoms with Crippen LogP contribution >= 0.6 is 24.0 Å². The lowest BCUT2D eigenvalue weighted by Crippen LogP contribution is -2.38. The van der Waals surface area contributed by atoms with Gasteiger partial charge in [-0.15, -0.1) is 24.0 Å². The van der Waals surface area contributed by atoms with Crippen LogP contribution in [-0.4, -0.2) is 30.6 Å². The molecule has 4 nitrogen and oxygen atoms in total. The summed E-state index contributed by atoms with van der Waals surface area (Å²) in [6.07, 6.45) is 4.83. The second kappa shape index (κ2) is 11.8. The summed E-state index contributed by atoms with van der Waals surface area (Å²) in [6, 6.07) is 5.51. The fourth-order valence-electron chi connectivity index (χ4n) is 2.46. The maximum absolute atomic E-state index is 13.6. The molecule has 2 N–H and O–H groups in total. The lowest BCUT2D eigenvalue weighted by Gasteiger charge is -2.12. The highest BCUT2D eigenvalue weighted by atomic mass is 127. The fraction of sp³-hybridized carbons (Fsp3) is 0.368. The van der Waals surface area contributed by atoms with Gasteiger partial charge in [-0.1, -0.05) is 0 Å². The van der Waals surface area contributed by atoms with Crippen molar-refractivity contribution in [2.45, 2.75) is 26.7 Å². The minimum atomic E-state index is -0.426. The van der Waals surface area contributed by atoms with E-state index in [1.165, 1.54) is 11.6 Å². The minimum absolute atomic E-state index is 0. The van der Waals surface area contributed by atoms with Crippen LogP contribution in [0.1, 0.15) is 23.6 Å². The zero-order valence-corrected chi connectivity index (χ0v) is 17.4. The second-order valence-corrected chi connectivity index (χ2v) is 5.73. The van der Waals surface area contributed by atoms with Gasteiger partial charge in [0.25, 0.3) is 0 Å². The third-order valence-electron chi connectivity index (χ3n) is 3.83. The molecule has 0 amide bonds. The van der Waals surface area contributed by atoms with E-state index >= 15 is 0 Å². The first-order valence-electron chi connectivity index (χ1n) is 8.45. The van der Waals surface area contributed by atoms with Crippen molar-refractivity contribution >= 4 is 29.9 Å². The summed E-state index contributed by atoms with van der Waals surface area (Å²) in [7, 11) is 0. The highest BCUT2D eigenvalue weighted by Gasteiger charge is 2.05. The van der Waals surface area contributed by atoms with E-state index in [0.717, 1.165) is 30.7 Å². The molecular formula is C19H25F2IN4. The Hall–Kier alpha value is -1.77. The molecule has 142 valence electrons. The summed E-state index contributed by atoms with van der Waals surface area (Å²) in [5.74, 6) is -0.144. The summed E-state index contributed by atoms with van der Waals surface area (Å²) < 4.78 is 26.8. The number of benzene rings is 1. The van der Waals surface area contributed by atoms with Crippen LogP contribution in [0.2, 0.25) is 0 Å². The van der Waals surface area contributed by atoms with E-state index in [4.69, 9.17) is 0 Å². The first-order valence-corrected chi connectivity index (χ1v) is 8.45. The van der Waals surface area contributed by atoms with E-state index in [1.807, 2.05) is 26.1 Å². The van der Waals surface area contributed by atoms with Crippen molar-refractivity contribution in [3.8, 4) is 0 Å². The lowest BCUT2D eigenvalue weighted by atomic mass is 10.1. The largest absolute Gasteiger partial charge is 0.357 e. The quantitative estimate of drug-likeness (QED) is 0.366. The maximum atomic E-state index is 13.6.